The van der Waals surface area contributed by atoms with E-state index in [1.54, 1.807) is 0 Å². The predicted molar refractivity (Wildman–Crippen MR) is 72.9 cm³/mol. The standard InChI is InChI=1S/C11H10BrClN4/c12-9-10(14)16-6-17-11(9)15-5-7-3-1-2-4-8(7)13/h1-4,6H,5H2,(H3,14,15,16,17). The molecule has 0 aliphatic carbocycles. The van der Waals surface area contributed by atoms with Crippen LogP contribution in [-0.2, 0) is 6.54 Å². The number of benzene rings is 1. The summed E-state index contributed by atoms with van der Waals surface area (Å²) in [7, 11) is 0. The van der Waals surface area contributed by atoms with Gasteiger partial charge in [-0.2, -0.15) is 0 Å². The van der Waals surface area contributed by atoms with Crippen molar-refractivity contribution in [1.29, 1.82) is 0 Å². The van der Waals surface area contributed by atoms with Crippen LogP contribution < -0.4 is 11.1 Å². The van der Waals surface area contributed by atoms with Gasteiger partial charge in [0.15, 0.2) is 0 Å². The molecule has 88 valence electrons. The second kappa shape index (κ2) is 5.33. The van der Waals surface area contributed by atoms with Crippen LogP contribution in [0.15, 0.2) is 35.1 Å². The second-order valence-electron chi connectivity index (χ2n) is 3.37. The summed E-state index contributed by atoms with van der Waals surface area (Å²) < 4.78 is 0.659. The maximum atomic E-state index is 6.05. The minimum atomic E-state index is 0.404. The van der Waals surface area contributed by atoms with Crippen molar-refractivity contribution >= 4 is 39.2 Å². The fourth-order valence-corrected chi connectivity index (χ4v) is 1.87. The molecule has 0 amide bonds. The van der Waals surface area contributed by atoms with Crippen LogP contribution in [-0.4, -0.2) is 9.97 Å². The van der Waals surface area contributed by atoms with Crippen LogP contribution in [0.5, 0.6) is 0 Å². The number of nitrogens with zero attached hydrogens (tertiary/aromatic N) is 2. The first-order valence-corrected chi connectivity index (χ1v) is 6.09. The summed E-state index contributed by atoms with van der Waals surface area (Å²) in [6.45, 7) is 0.578. The predicted octanol–water partition coefficient (Wildman–Crippen LogP) is 3.09. The van der Waals surface area contributed by atoms with Crippen molar-refractivity contribution < 1.29 is 0 Å². The van der Waals surface area contributed by atoms with Gasteiger partial charge in [0.05, 0.1) is 0 Å². The molecule has 0 spiro atoms. The van der Waals surface area contributed by atoms with Gasteiger partial charge in [-0.05, 0) is 27.6 Å². The minimum absolute atomic E-state index is 0.404. The summed E-state index contributed by atoms with van der Waals surface area (Å²) in [6.07, 6.45) is 1.41. The Morgan fingerprint density at radius 3 is 2.82 bits per heavy atom. The third kappa shape index (κ3) is 2.87. The van der Waals surface area contributed by atoms with Crippen molar-refractivity contribution in [3.63, 3.8) is 0 Å². The molecule has 2 rings (SSSR count). The molecule has 1 heterocycles. The first-order valence-electron chi connectivity index (χ1n) is 4.91. The molecular weight excluding hydrogens is 304 g/mol. The number of nitrogens with two attached hydrogens (primary N) is 1. The van der Waals surface area contributed by atoms with Gasteiger partial charge in [0.25, 0.3) is 0 Å². The third-order valence-electron chi connectivity index (χ3n) is 2.22. The van der Waals surface area contributed by atoms with E-state index < -0.39 is 0 Å². The molecule has 0 fully saturated rings. The molecule has 0 aliphatic heterocycles. The lowest BCUT2D eigenvalue weighted by atomic mass is 10.2. The summed E-state index contributed by atoms with van der Waals surface area (Å²) in [5.41, 5.74) is 6.65. The first-order chi connectivity index (χ1) is 8.18. The molecule has 0 saturated carbocycles. The fourth-order valence-electron chi connectivity index (χ4n) is 1.33. The van der Waals surface area contributed by atoms with E-state index in [0.717, 1.165) is 10.6 Å². The lowest BCUT2D eigenvalue weighted by molar-refractivity contribution is 1.08. The summed E-state index contributed by atoms with van der Waals surface area (Å²) in [5, 5.41) is 3.87. The van der Waals surface area contributed by atoms with Crippen molar-refractivity contribution in [2.24, 2.45) is 0 Å². The monoisotopic (exact) mass is 312 g/mol. The molecule has 1 aromatic heterocycles. The largest absolute Gasteiger partial charge is 0.383 e. The van der Waals surface area contributed by atoms with Gasteiger partial charge < -0.3 is 11.1 Å². The lowest BCUT2D eigenvalue weighted by Gasteiger charge is -2.09. The van der Waals surface area contributed by atoms with Crippen molar-refractivity contribution in [3.8, 4) is 0 Å². The van der Waals surface area contributed by atoms with E-state index in [0.29, 0.717) is 22.7 Å². The van der Waals surface area contributed by atoms with Crippen molar-refractivity contribution in [1.82, 2.24) is 9.97 Å². The Hall–Kier alpha value is -1.33. The summed E-state index contributed by atoms with van der Waals surface area (Å²) in [6, 6.07) is 7.63. The van der Waals surface area contributed by atoms with E-state index in [4.69, 9.17) is 17.3 Å². The van der Waals surface area contributed by atoms with Gasteiger partial charge in [0.2, 0.25) is 0 Å². The molecular formula is C11H10BrClN4. The molecule has 0 bridgehead atoms. The summed E-state index contributed by atoms with van der Waals surface area (Å²) in [4.78, 5) is 7.96. The molecule has 3 N–H and O–H groups in total. The first kappa shape index (κ1) is 12.1. The molecule has 2 aromatic rings. The van der Waals surface area contributed by atoms with E-state index in [1.807, 2.05) is 24.3 Å². The normalized spacial score (nSPS) is 10.2. The van der Waals surface area contributed by atoms with Gasteiger partial charge in [-0.25, -0.2) is 9.97 Å². The van der Waals surface area contributed by atoms with Crippen LogP contribution >= 0.6 is 27.5 Å². The number of hydrogen-bond acceptors (Lipinski definition) is 4. The summed E-state index contributed by atoms with van der Waals surface area (Å²) >= 11 is 9.38. The SMILES string of the molecule is Nc1ncnc(NCc2ccccc2Cl)c1Br. The number of anilines is 2. The third-order valence-corrected chi connectivity index (χ3v) is 3.37. The highest BCUT2D eigenvalue weighted by Gasteiger charge is 2.06. The zero-order valence-electron chi connectivity index (χ0n) is 8.82. The Bertz CT molecular complexity index is 533. The van der Waals surface area contributed by atoms with Crippen LogP contribution in [0, 0.1) is 0 Å². The summed E-state index contributed by atoms with van der Waals surface area (Å²) in [5.74, 6) is 1.05. The van der Waals surface area contributed by atoms with Gasteiger partial charge >= 0.3 is 0 Å². The van der Waals surface area contributed by atoms with Gasteiger partial charge in [-0.15, -0.1) is 0 Å². The smallest absolute Gasteiger partial charge is 0.146 e. The van der Waals surface area contributed by atoms with Crippen molar-refractivity contribution in [3.05, 3.63) is 45.7 Å². The number of aromatic nitrogens is 2. The number of rotatable bonds is 3. The lowest BCUT2D eigenvalue weighted by Crippen LogP contribution is -2.04. The quantitative estimate of drug-likeness (QED) is 0.914. The number of nitrogen functional groups attached to an aromatic ring is 1. The highest BCUT2D eigenvalue weighted by Crippen LogP contribution is 2.25. The Morgan fingerprint density at radius 1 is 1.29 bits per heavy atom. The second-order valence-corrected chi connectivity index (χ2v) is 4.57. The zero-order chi connectivity index (χ0) is 12.3. The Morgan fingerprint density at radius 2 is 2.06 bits per heavy atom. The Balaban J connectivity index is 2.13. The fraction of sp³-hybridized carbons (Fsp3) is 0.0909. The van der Waals surface area contributed by atoms with E-state index in [2.05, 4.69) is 31.2 Å². The van der Waals surface area contributed by atoms with Gasteiger partial charge in [0.1, 0.15) is 22.4 Å². The van der Waals surface area contributed by atoms with Crippen LogP contribution in [0.1, 0.15) is 5.56 Å². The minimum Gasteiger partial charge on any atom is -0.383 e. The molecule has 0 unspecified atom stereocenters. The zero-order valence-corrected chi connectivity index (χ0v) is 11.2. The molecule has 17 heavy (non-hydrogen) atoms. The number of hydrogen-bond donors (Lipinski definition) is 2. The topological polar surface area (TPSA) is 63.8 Å². The highest BCUT2D eigenvalue weighted by molar-refractivity contribution is 9.10. The van der Waals surface area contributed by atoms with E-state index >= 15 is 0 Å². The van der Waals surface area contributed by atoms with Gasteiger partial charge in [-0.1, -0.05) is 29.8 Å². The van der Waals surface area contributed by atoms with Crippen LogP contribution in [0.25, 0.3) is 0 Å². The van der Waals surface area contributed by atoms with Gasteiger partial charge in [0, 0.05) is 11.6 Å². The molecule has 0 saturated heterocycles. The molecule has 0 atom stereocenters. The molecule has 1 aromatic carbocycles. The van der Waals surface area contributed by atoms with Gasteiger partial charge in [-0.3, -0.25) is 0 Å². The van der Waals surface area contributed by atoms with Crippen molar-refractivity contribution in [2.45, 2.75) is 6.54 Å². The van der Waals surface area contributed by atoms with E-state index in [9.17, 15) is 0 Å². The maximum Gasteiger partial charge on any atom is 0.146 e. The average molecular weight is 314 g/mol. The number of nitrogens with one attached hydrogen (secondary N) is 1. The molecule has 0 radical (unpaired) electrons. The molecule has 0 aliphatic rings. The van der Waals surface area contributed by atoms with E-state index in [-0.39, 0.29) is 0 Å². The Labute approximate surface area is 112 Å². The van der Waals surface area contributed by atoms with Crippen LogP contribution in [0.3, 0.4) is 0 Å². The van der Waals surface area contributed by atoms with E-state index in [1.165, 1.54) is 6.33 Å². The van der Waals surface area contributed by atoms with Crippen LogP contribution in [0.4, 0.5) is 11.6 Å². The van der Waals surface area contributed by atoms with Crippen LogP contribution in [0.2, 0.25) is 5.02 Å². The molecule has 6 heteroatoms. The maximum absolute atomic E-state index is 6.05. The highest BCUT2D eigenvalue weighted by atomic mass is 79.9. The Kier molecular flexibility index (Phi) is 3.81. The van der Waals surface area contributed by atoms with Crippen molar-refractivity contribution in [2.75, 3.05) is 11.1 Å². The number of halogens is 2. The average Bonchev–Trinajstić information content (AvgIpc) is 2.33. The molecule has 4 nitrogen and oxygen atoms in total.